The van der Waals surface area contributed by atoms with Crippen molar-refractivity contribution < 1.29 is 9.59 Å². The number of nitrogens with two attached hydrogens (primary N) is 1. The molecule has 5 nitrogen and oxygen atoms in total. The quantitative estimate of drug-likeness (QED) is 0.722. The van der Waals surface area contributed by atoms with Gasteiger partial charge in [0.05, 0.1) is 6.04 Å². The number of carbonyl (C=O) groups is 2. The summed E-state index contributed by atoms with van der Waals surface area (Å²) in [6, 6.07) is 4.90. The van der Waals surface area contributed by atoms with Crippen LogP contribution in [0.3, 0.4) is 0 Å². The zero-order valence-electron chi connectivity index (χ0n) is 12.7. The summed E-state index contributed by atoms with van der Waals surface area (Å²) < 4.78 is 0. The molecule has 0 aromatic heterocycles. The van der Waals surface area contributed by atoms with E-state index in [2.05, 4.69) is 10.6 Å². The molecule has 0 bridgehead atoms. The maximum Gasteiger partial charge on any atom is 0.241 e. The highest BCUT2D eigenvalue weighted by Gasteiger charge is 2.14. The third-order valence-corrected chi connectivity index (χ3v) is 3.71. The molecule has 0 spiro atoms. The van der Waals surface area contributed by atoms with Crippen LogP contribution in [0.15, 0.2) is 18.2 Å². The van der Waals surface area contributed by atoms with Crippen LogP contribution in [0.4, 0.5) is 11.4 Å². The predicted molar refractivity (Wildman–Crippen MR) is 89.7 cm³/mol. The molecule has 0 fully saturated rings. The van der Waals surface area contributed by atoms with E-state index in [-0.39, 0.29) is 11.8 Å². The van der Waals surface area contributed by atoms with E-state index >= 15 is 0 Å². The number of hydrogen-bond acceptors (Lipinski definition) is 4. The molecule has 0 aliphatic rings. The molecule has 116 valence electrons. The standard InChI is InChI=1S/C15H23N3O2S/c1-4-14(19)17-11-6-5-10(2)13(9-11)18-15(20)12(16)7-8-21-3/h5-6,9,12H,4,7-8,16H2,1-3H3,(H,17,19)(H,18,20)/t12-/m1/s1. The molecular formula is C15H23N3O2S. The number of rotatable bonds is 7. The maximum atomic E-state index is 12.0. The van der Waals surface area contributed by atoms with Crippen LogP contribution in [0.5, 0.6) is 0 Å². The Morgan fingerprint density at radius 3 is 2.67 bits per heavy atom. The van der Waals surface area contributed by atoms with Crippen molar-refractivity contribution >= 4 is 35.0 Å². The summed E-state index contributed by atoms with van der Waals surface area (Å²) in [6.07, 6.45) is 3.03. The molecule has 0 aliphatic heterocycles. The highest BCUT2D eigenvalue weighted by molar-refractivity contribution is 7.98. The van der Waals surface area contributed by atoms with Crippen LogP contribution in [0.25, 0.3) is 0 Å². The number of carbonyl (C=O) groups excluding carboxylic acids is 2. The van der Waals surface area contributed by atoms with Crippen LogP contribution in [-0.2, 0) is 9.59 Å². The first kappa shape index (κ1) is 17.5. The van der Waals surface area contributed by atoms with E-state index in [0.29, 0.717) is 24.2 Å². The van der Waals surface area contributed by atoms with Crippen molar-refractivity contribution in [2.45, 2.75) is 32.7 Å². The van der Waals surface area contributed by atoms with Crippen molar-refractivity contribution in [2.24, 2.45) is 5.73 Å². The number of thioether (sulfide) groups is 1. The molecule has 0 saturated carbocycles. The molecule has 0 heterocycles. The van der Waals surface area contributed by atoms with Crippen LogP contribution >= 0.6 is 11.8 Å². The highest BCUT2D eigenvalue weighted by Crippen LogP contribution is 2.20. The molecule has 0 aliphatic carbocycles. The Bertz CT molecular complexity index is 506. The molecule has 4 N–H and O–H groups in total. The molecule has 1 rings (SSSR count). The topological polar surface area (TPSA) is 84.2 Å². The van der Waals surface area contributed by atoms with E-state index in [1.165, 1.54) is 0 Å². The minimum Gasteiger partial charge on any atom is -0.326 e. The van der Waals surface area contributed by atoms with Gasteiger partial charge in [-0.05, 0) is 43.0 Å². The van der Waals surface area contributed by atoms with Gasteiger partial charge >= 0.3 is 0 Å². The number of benzene rings is 1. The second kappa shape index (κ2) is 8.69. The first-order chi connectivity index (χ1) is 9.97. The molecule has 0 unspecified atom stereocenters. The average molecular weight is 309 g/mol. The molecule has 21 heavy (non-hydrogen) atoms. The highest BCUT2D eigenvalue weighted by atomic mass is 32.2. The van der Waals surface area contributed by atoms with Gasteiger partial charge in [0.15, 0.2) is 0 Å². The summed E-state index contributed by atoms with van der Waals surface area (Å²) in [7, 11) is 0. The van der Waals surface area contributed by atoms with E-state index in [1.807, 2.05) is 25.3 Å². The minimum atomic E-state index is -0.522. The van der Waals surface area contributed by atoms with Crippen molar-refractivity contribution in [1.82, 2.24) is 0 Å². The van der Waals surface area contributed by atoms with Gasteiger partial charge in [0.1, 0.15) is 0 Å². The summed E-state index contributed by atoms with van der Waals surface area (Å²) in [6.45, 7) is 3.69. The fraction of sp³-hybridized carbons (Fsp3) is 0.467. The van der Waals surface area contributed by atoms with E-state index in [0.717, 1.165) is 11.3 Å². The Morgan fingerprint density at radius 2 is 2.05 bits per heavy atom. The number of anilines is 2. The van der Waals surface area contributed by atoms with Crippen molar-refractivity contribution in [1.29, 1.82) is 0 Å². The lowest BCUT2D eigenvalue weighted by atomic mass is 10.1. The Morgan fingerprint density at radius 1 is 1.33 bits per heavy atom. The molecular weight excluding hydrogens is 286 g/mol. The van der Waals surface area contributed by atoms with Crippen molar-refractivity contribution in [3.05, 3.63) is 23.8 Å². The lowest BCUT2D eigenvalue weighted by molar-refractivity contribution is -0.117. The van der Waals surface area contributed by atoms with Gasteiger partial charge in [0.25, 0.3) is 0 Å². The second-order valence-electron chi connectivity index (χ2n) is 4.81. The van der Waals surface area contributed by atoms with E-state index in [1.54, 1.807) is 24.8 Å². The largest absolute Gasteiger partial charge is 0.326 e. The van der Waals surface area contributed by atoms with Gasteiger partial charge in [-0.1, -0.05) is 13.0 Å². The molecule has 1 aromatic carbocycles. The van der Waals surface area contributed by atoms with Gasteiger partial charge < -0.3 is 16.4 Å². The minimum absolute atomic E-state index is 0.0622. The molecule has 2 amide bonds. The predicted octanol–water partition coefficient (Wildman–Crippen LogP) is 2.36. The summed E-state index contributed by atoms with van der Waals surface area (Å²) in [5.74, 6) is 0.582. The summed E-state index contributed by atoms with van der Waals surface area (Å²) in [5, 5.41) is 5.60. The third kappa shape index (κ3) is 5.77. The van der Waals surface area contributed by atoms with Crippen LogP contribution in [0.1, 0.15) is 25.3 Å². The van der Waals surface area contributed by atoms with Gasteiger partial charge in [0.2, 0.25) is 11.8 Å². The van der Waals surface area contributed by atoms with Gasteiger partial charge in [-0.15, -0.1) is 0 Å². The van der Waals surface area contributed by atoms with Crippen LogP contribution in [0, 0.1) is 6.92 Å². The first-order valence-corrected chi connectivity index (χ1v) is 8.33. The fourth-order valence-electron chi connectivity index (χ4n) is 1.69. The molecule has 0 saturated heterocycles. The van der Waals surface area contributed by atoms with E-state index < -0.39 is 6.04 Å². The second-order valence-corrected chi connectivity index (χ2v) is 5.79. The number of amides is 2. The fourth-order valence-corrected chi connectivity index (χ4v) is 2.17. The number of hydrogen-bond donors (Lipinski definition) is 3. The Hall–Kier alpha value is -1.53. The van der Waals surface area contributed by atoms with Gasteiger partial charge in [-0.3, -0.25) is 9.59 Å². The maximum absolute atomic E-state index is 12.0. The van der Waals surface area contributed by atoms with E-state index in [4.69, 9.17) is 5.73 Å². The zero-order valence-corrected chi connectivity index (χ0v) is 13.5. The van der Waals surface area contributed by atoms with E-state index in [9.17, 15) is 9.59 Å². The average Bonchev–Trinajstić information content (AvgIpc) is 2.47. The lowest BCUT2D eigenvalue weighted by Gasteiger charge is -2.14. The first-order valence-electron chi connectivity index (χ1n) is 6.93. The third-order valence-electron chi connectivity index (χ3n) is 3.07. The van der Waals surface area contributed by atoms with Gasteiger partial charge in [0, 0.05) is 17.8 Å². The number of aryl methyl sites for hydroxylation is 1. The van der Waals surface area contributed by atoms with Crippen LogP contribution < -0.4 is 16.4 Å². The Balaban J connectivity index is 2.75. The SMILES string of the molecule is CCC(=O)Nc1ccc(C)c(NC(=O)[C@H](N)CCSC)c1. The summed E-state index contributed by atoms with van der Waals surface area (Å²) in [5.41, 5.74) is 8.11. The Kier molecular flexibility index (Phi) is 7.25. The molecule has 1 aromatic rings. The molecule has 1 atom stereocenters. The van der Waals surface area contributed by atoms with Crippen LogP contribution in [-0.4, -0.2) is 29.9 Å². The monoisotopic (exact) mass is 309 g/mol. The van der Waals surface area contributed by atoms with Crippen molar-refractivity contribution in [3.63, 3.8) is 0 Å². The number of nitrogens with one attached hydrogen (secondary N) is 2. The lowest BCUT2D eigenvalue weighted by Crippen LogP contribution is -2.36. The smallest absolute Gasteiger partial charge is 0.241 e. The van der Waals surface area contributed by atoms with Crippen LogP contribution in [0.2, 0.25) is 0 Å². The van der Waals surface area contributed by atoms with Crippen molar-refractivity contribution in [2.75, 3.05) is 22.6 Å². The van der Waals surface area contributed by atoms with Crippen molar-refractivity contribution in [3.8, 4) is 0 Å². The normalized spacial score (nSPS) is 11.8. The van der Waals surface area contributed by atoms with Gasteiger partial charge in [-0.25, -0.2) is 0 Å². The zero-order chi connectivity index (χ0) is 15.8. The van der Waals surface area contributed by atoms with Gasteiger partial charge in [-0.2, -0.15) is 11.8 Å². The summed E-state index contributed by atoms with van der Waals surface area (Å²) >= 11 is 1.66. The summed E-state index contributed by atoms with van der Waals surface area (Å²) in [4.78, 5) is 23.4. The molecule has 6 heteroatoms. The molecule has 0 radical (unpaired) electrons. The Labute approximate surface area is 130 Å².